The first-order valence-electron chi connectivity index (χ1n) is 8.35. The molecule has 0 aliphatic carbocycles. The van der Waals surface area contributed by atoms with Gasteiger partial charge in [-0.15, -0.1) is 0 Å². The lowest BCUT2D eigenvalue weighted by Gasteiger charge is -2.37. The highest BCUT2D eigenvalue weighted by Crippen LogP contribution is 2.15. The van der Waals surface area contributed by atoms with Crippen LogP contribution in [0.2, 0.25) is 0 Å². The number of hydrogen-bond donors (Lipinski definition) is 1. The van der Waals surface area contributed by atoms with E-state index in [1.165, 1.54) is 24.1 Å². The number of ether oxygens (including phenoxy) is 1. The molecule has 0 radical (unpaired) electrons. The van der Waals surface area contributed by atoms with E-state index in [-0.39, 0.29) is 0 Å². The van der Waals surface area contributed by atoms with Gasteiger partial charge in [-0.3, -0.25) is 4.90 Å². The number of morpholine rings is 1. The number of aryl methyl sites for hydroxylation is 1. The van der Waals surface area contributed by atoms with Gasteiger partial charge in [0, 0.05) is 19.1 Å². The van der Waals surface area contributed by atoms with Crippen LogP contribution in [0.15, 0.2) is 24.3 Å². The summed E-state index contributed by atoms with van der Waals surface area (Å²) in [7, 11) is 0. The molecule has 2 atom stereocenters. The van der Waals surface area contributed by atoms with Gasteiger partial charge in [0.05, 0.1) is 12.7 Å². The molecule has 118 valence electrons. The van der Waals surface area contributed by atoms with Crippen molar-refractivity contribution in [3.63, 3.8) is 0 Å². The van der Waals surface area contributed by atoms with Crippen molar-refractivity contribution < 1.29 is 4.74 Å². The second-order valence-corrected chi connectivity index (χ2v) is 6.07. The van der Waals surface area contributed by atoms with Gasteiger partial charge in [0.25, 0.3) is 0 Å². The zero-order valence-electron chi connectivity index (χ0n) is 13.8. The summed E-state index contributed by atoms with van der Waals surface area (Å²) in [5, 5.41) is 3.63. The molecule has 1 aromatic rings. The third kappa shape index (κ3) is 5.10. The Balaban J connectivity index is 2.00. The number of benzene rings is 1. The minimum Gasteiger partial charge on any atom is -0.374 e. The molecule has 21 heavy (non-hydrogen) atoms. The van der Waals surface area contributed by atoms with E-state index in [1.807, 2.05) is 0 Å². The van der Waals surface area contributed by atoms with Crippen LogP contribution in [0.5, 0.6) is 0 Å². The van der Waals surface area contributed by atoms with Crippen LogP contribution >= 0.6 is 0 Å². The van der Waals surface area contributed by atoms with E-state index in [4.69, 9.17) is 4.74 Å². The molecule has 1 fully saturated rings. The summed E-state index contributed by atoms with van der Waals surface area (Å²) in [6, 6.07) is 9.22. The van der Waals surface area contributed by atoms with Gasteiger partial charge in [-0.05, 0) is 38.4 Å². The molecule has 3 heteroatoms. The zero-order chi connectivity index (χ0) is 15.1. The second-order valence-electron chi connectivity index (χ2n) is 6.07. The average molecular weight is 290 g/mol. The molecule has 0 aromatic heterocycles. The smallest absolute Gasteiger partial charge is 0.0858 e. The minimum atomic E-state index is 0.297. The van der Waals surface area contributed by atoms with Crippen LogP contribution in [0.25, 0.3) is 0 Å². The third-order valence-corrected chi connectivity index (χ3v) is 4.17. The minimum absolute atomic E-state index is 0.297. The van der Waals surface area contributed by atoms with E-state index < -0.39 is 0 Å². The van der Waals surface area contributed by atoms with Crippen molar-refractivity contribution in [3.05, 3.63) is 35.4 Å². The highest BCUT2D eigenvalue weighted by Gasteiger charge is 2.27. The van der Waals surface area contributed by atoms with Gasteiger partial charge < -0.3 is 10.1 Å². The largest absolute Gasteiger partial charge is 0.374 e. The topological polar surface area (TPSA) is 24.5 Å². The zero-order valence-corrected chi connectivity index (χ0v) is 13.8. The van der Waals surface area contributed by atoms with Gasteiger partial charge in [0.15, 0.2) is 0 Å². The molecule has 1 aliphatic rings. The first kappa shape index (κ1) is 16.5. The molecular formula is C18H30N2O. The highest BCUT2D eigenvalue weighted by molar-refractivity contribution is 5.23. The molecule has 1 heterocycles. The lowest BCUT2D eigenvalue weighted by molar-refractivity contribution is -0.0459. The van der Waals surface area contributed by atoms with Crippen LogP contribution in [0.1, 0.15) is 31.4 Å². The van der Waals surface area contributed by atoms with E-state index in [1.54, 1.807) is 0 Å². The fourth-order valence-electron chi connectivity index (χ4n) is 3.18. The first-order valence-corrected chi connectivity index (χ1v) is 8.35. The maximum atomic E-state index is 6.07. The Morgan fingerprint density at radius 1 is 1.38 bits per heavy atom. The Morgan fingerprint density at radius 2 is 2.24 bits per heavy atom. The van der Waals surface area contributed by atoms with Gasteiger partial charge >= 0.3 is 0 Å². The van der Waals surface area contributed by atoms with E-state index >= 15 is 0 Å². The van der Waals surface area contributed by atoms with Crippen LogP contribution in [0.3, 0.4) is 0 Å². The van der Waals surface area contributed by atoms with E-state index in [2.05, 4.69) is 55.3 Å². The van der Waals surface area contributed by atoms with E-state index in [0.29, 0.717) is 12.1 Å². The normalized spacial score (nSPS) is 21.4. The highest BCUT2D eigenvalue weighted by atomic mass is 16.5. The first-order chi connectivity index (χ1) is 10.2. The summed E-state index contributed by atoms with van der Waals surface area (Å²) in [4.78, 5) is 2.54. The monoisotopic (exact) mass is 290 g/mol. The van der Waals surface area contributed by atoms with Crippen LogP contribution in [-0.2, 0) is 11.2 Å². The molecule has 1 N–H and O–H groups in total. The Kier molecular flexibility index (Phi) is 6.68. The van der Waals surface area contributed by atoms with Crippen molar-refractivity contribution in [1.29, 1.82) is 0 Å². The van der Waals surface area contributed by atoms with Crippen molar-refractivity contribution in [3.8, 4) is 0 Å². The molecule has 2 rings (SSSR count). The molecule has 0 amide bonds. The molecule has 0 saturated carbocycles. The van der Waals surface area contributed by atoms with Gasteiger partial charge in [-0.25, -0.2) is 0 Å². The summed E-state index contributed by atoms with van der Waals surface area (Å²) < 4.78 is 6.07. The Morgan fingerprint density at radius 3 is 2.95 bits per heavy atom. The lowest BCUT2D eigenvalue weighted by atomic mass is 9.98. The number of nitrogens with one attached hydrogen (secondary N) is 1. The molecule has 2 unspecified atom stereocenters. The summed E-state index contributed by atoms with van der Waals surface area (Å²) >= 11 is 0. The fraction of sp³-hybridized carbons (Fsp3) is 0.667. The number of hydrogen-bond acceptors (Lipinski definition) is 3. The number of rotatable bonds is 7. The number of likely N-dealkylation sites (N-methyl/N-ethyl adjacent to an activating group) is 1. The van der Waals surface area contributed by atoms with Crippen molar-refractivity contribution in [1.82, 2.24) is 10.2 Å². The SMILES string of the molecule is CCCN1CCOC(C(Cc2cccc(C)c2)NCC)C1. The van der Waals surface area contributed by atoms with E-state index in [9.17, 15) is 0 Å². The Labute approximate surface area is 129 Å². The molecule has 1 aromatic carbocycles. The predicted molar refractivity (Wildman–Crippen MR) is 88.8 cm³/mol. The van der Waals surface area contributed by atoms with Gasteiger partial charge in [0.1, 0.15) is 0 Å². The van der Waals surface area contributed by atoms with Gasteiger partial charge in [0.2, 0.25) is 0 Å². The van der Waals surface area contributed by atoms with Crippen molar-refractivity contribution in [2.45, 2.75) is 45.8 Å². The molecular weight excluding hydrogens is 260 g/mol. The maximum absolute atomic E-state index is 6.07. The van der Waals surface area contributed by atoms with Crippen LogP contribution < -0.4 is 5.32 Å². The fourth-order valence-corrected chi connectivity index (χ4v) is 3.18. The molecule has 3 nitrogen and oxygen atoms in total. The number of nitrogens with zero attached hydrogens (tertiary/aromatic N) is 1. The van der Waals surface area contributed by atoms with Crippen LogP contribution in [-0.4, -0.2) is 49.8 Å². The maximum Gasteiger partial charge on any atom is 0.0858 e. The lowest BCUT2D eigenvalue weighted by Crippen LogP contribution is -2.53. The van der Waals surface area contributed by atoms with Crippen molar-refractivity contribution in [2.24, 2.45) is 0 Å². The summed E-state index contributed by atoms with van der Waals surface area (Å²) in [6.45, 7) is 11.7. The Bertz CT molecular complexity index is 419. The second kappa shape index (κ2) is 8.52. The van der Waals surface area contributed by atoms with Gasteiger partial charge in [-0.2, -0.15) is 0 Å². The van der Waals surface area contributed by atoms with Crippen LogP contribution in [0, 0.1) is 6.92 Å². The van der Waals surface area contributed by atoms with E-state index in [0.717, 1.165) is 32.7 Å². The van der Waals surface area contributed by atoms with Crippen LogP contribution in [0.4, 0.5) is 0 Å². The third-order valence-electron chi connectivity index (χ3n) is 4.17. The molecule has 1 saturated heterocycles. The predicted octanol–water partition coefficient (Wildman–Crippen LogP) is 2.63. The van der Waals surface area contributed by atoms with Crippen molar-refractivity contribution in [2.75, 3.05) is 32.8 Å². The quantitative estimate of drug-likeness (QED) is 0.835. The van der Waals surface area contributed by atoms with Crippen molar-refractivity contribution >= 4 is 0 Å². The van der Waals surface area contributed by atoms with Gasteiger partial charge in [-0.1, -0.05) is 43.7 Å². The molecule has 0 spiro atoms. The average Bonchev–Trinajstić information content (AvgIpc) is 2.47. The summed E-state index contributed by atoms with van der Waals surface area (Å²) in [6.07, 6.45) is 2.56. The summed E-state index contributed by atoms with van der Waals surface area (Å²) in [5.74, 6) is 0. The molecule has 0 bridgehead atoms. The Hall–Kier alpha value is -0.900. The standard InChI is InChI=1S/C18H30N2O/c1-4-9-20-10-11-21-18(14-20)17(19-5-2)13-16-8-6-7-15(3)12-16/h6-8,12,17-19H,4-5,9-11,13-14H2,1-3H3. The molecule has 1 aliphatic heterocycles. The summed E-state index contributed by atoms with van der Waals surface area (Å²) in [5.41, 5.74) is 2.73.